The predicted octanol–water partition coefficient (Wildman–Crippen LogP) is 1.16. The van der Waals surface area contributed by atoms with Crippen LogP contribution in [0, 0.1) is 0 Å². The zero-order valence-electron chi connectivity index (χ0n) is 9.19. The average Bonchev–Trinajstić information content (AvgIpc) is 2.48. The molecule has 1 heterocycles. The fourth-order valence-electron chi connectivity index (χ4n) is 2.02. The van der Waals surface area contributed by atoms with Gasteiger partial charge in [0.1, 0.15) is 0 Å². The number of ether oxygens (including phenoxy) is 1. The molecule has 1 fully saturated rings. The van der Waals surface area contributed by atoms with Crippen molar-refractivity contribution in [3.8, 4) is 0 Å². The van der Waals surface area contributed by atoms with Gasteiger partial charge in [0.05, 0.1) is 11.1 Å². The summed E-state index contributed by atoms with van der Waals surface area (Å²) >= 11 is 4.91. The van der Waals surface area contributed by atoms with E-state index in [1.165, 1.54) is 0 Å². The highest BCUT2D eigenvalue weighted by molar-refractivity contribution is 7.80. The summed E-state index contributed by atoms with van der Waals surface area (Å²) in [5, 5.41) is 0. The zero-order valence-corrected chi connectivity index (χ0v) is 10.0. The second-order valence-electron chi connectivity index (χ2n) is 4.12. The molecule has 3 atom stereocenters. The topological polar surface area (TPSA) is 38.5 Å². The summed E-state index contributed by atoms with van der Waals surface area (Å²) in [6, 6.07) is 0.918. The molecule has 1 aliphatic heterocycles. The molecule has 3 unspecified atom stereocenters. The molecule has 0 aromatic rings. The van der Waals surface area contributed by atoms with Gasteiger partial charge in [0.2, 0.25) is 0 Å². The van der Waals surface area contributed by atoms with Crippen LogP contribution in [-0.4, -0.2) is 41.7 Å². The summed E-state index contributed by atoms with van der Waals surface area (Å²) in [5.74, 6) is 0. The van der Waals surface area contributed by atoms with Gasteiger partial charge in [-0.15, -0.1) is 0 Å². The van der Waals surface area contributed by atoms with Gasteiger partial charge in [-0.3, -0.25) is 4.90 Å². The summed E-state index contributed by atoms with van der Waals surface area (Å²) in [6.07, 6.45) is 2.22. The van der Waals surface area contributed by atoms with Crippen LogP contribution < -0.4 is 5.73 Å². The number of hydrogen-bond acceptors (Lipinski definition) is 3. The summed E-state index contributed by atoms with van der Waals surface area (Å²) in [5.41, 5.74) is 5.54. The molecule has 0 bridgehead atoms. The Kier molecular flexibility index (Phi) is 4.29. The first-order valence-corrected chi connectivity index (χ1v) is 5.55. The standard InChI is InChI=1S/C10H20N2OS/c1-7(6-10(11)14)12(3)9-4-5-13-8(9)2/h7-9H,4-6H2,1-3H3,(H2,11,14). The van der Waals surface area contributed by atoms with E-state index in [1.807, 2.05) is 0 Å². The first-order valence-electron chi connectivity index (χ1n) is 5.14. The van der Waals surface area contributed by atoms with E-state index in [2.05, 4.69) is 25.8 Å². The number of nitrogens with zero attached hydrogens (tertiary/aromatic N) is 1. The van der Waals surface area contributed by atoms with Crippen LogP contribution in [0.3, 0.4) is 0 Å². The Bertz CT molecular complexity index is 210. The van der Waals surface area contributed by atoms with Crippen LogP contribution in [-0.2, 0) is 4.74 Å². The van der Waals surface area contributed by atoms with E-state index in [0.29, 0.717) is 23.2 Å². The largest absolute Gasteiger partial charge is 0.393 e. The molecule has 0 saturated carbocycles. The Morgan fingerprint density at radius 1 is 1.71 bits per heavy atom. The van der Waals surface area contributed by atoms with Gasteiger partial charge in [-0.2, -0.15) is 0 Å². The van der Waals surface area contributed by atoms with E-state index < -0.39 is 0 Å². The SMILES string of the molecule is CC1OCCC1N(C)C(C)CC(N)=S. The molecule has 0 amide bonds. The lowest BCUT2D eigenvalue weighted by molar-refractivity contribution is 0.0717. The average molecular weight is 216 g/mol. The first kappa shape index (κ1) is 11.9. The van der Waals surface area contributed by atoms with Crippen LogP contribution in [0.2, 0.25) is 0 Å². The number of likely N-dealkylation sites (N-methyl/N-ethyl adjacent to an activating group) is 1. The molecule has 4 heteroatoms. The maximum absolute atomic E-state index is 5.54. The second-order valence-corrected chi connectivity index (χ2v) is 4.64. The smallest absolute Gasteiger partial charge is 0.0742 e. The molecule has 3 nitrogen and oxygen atoms in total. The van der Waals surface area contributed by atoms with Crippen molar-refractivity contribution in [1.29, 1.82) is 0 Å². The Labute approximate surface area is 91.6 Å². The highest BCUT2D eigenvalue weighted by atomic mass is 32.1. The molecule has 0 aliphatic carbocycles. The van der Waals surface area contributed by atoms with Crippen LogP contribution in [0.1, 0.15) is 26.7 Å². The number of hydrogen-bond donors (Lipinski definition) is 1. The minimum atomic E-state index is 0.328. The van der Waals surface area contributed by atoms with E-state index in [4.69, 9.17) is 22.7 Å². The van der Waals surface area contributed by atoms with Gasteiger partial charge < -0.3 is 10.5 Å². The van der Waals surface area contributed by atoms with Crippen molar-refractivity contribution < 1.29 is 4.74 Å². The Hall–Kier alpha value is -0.190. The minimum absolute atomic E-state index is 0.328. The molecule has 0 radical (unpaired) electrons. The molecule has 0 aromatic heterocycles. The fraction of sp³-hybridized carbons (Fsp3) is 0.900. The maximum atomic E-state index is 5.54. The molecule has 0 spiro atoms. The van der Waals surface area contributed by atoms with Crippen LogP contribution in [0.5, 0.6) is 0 Å². The quantitative estimate of drug-likeness (QED) is 0.716. The molecule has 1 saturated heterocycles. The zero-order chi connectivity index (χ0) is 10.7. The Morgan fingerprint density at radius 3 is 2.79 bits per heavy atom. The predicted molar refractivity (Wildman–Crippen MR) is 62.4 cm³/mol. The minimum Gasteiger partial charge on any atom is -0.393 e. The summed E-state index contributed by atoms with van der Waals surface area (Å²) < 4.78 is 5.54. The highest BCUT2D eigenvalue weighted by Crippen LogP contribution is 2.20. The van der Waals surface area contributed by atoms with Gasteiger partial charge in [-0.05, 0) is 27.3 Å². The lowest BCUT2D eigenvalue weighted by Crippen LogP contribution is -2.43. The summed E-state index contributed by atoms with van der Waals surface area (Å²) in [7, 11) is 2.12. The van der Waals surface area contributed by atoms with E-state index in [1.54, 1.807) is 0 Å². The van der Waals surface area contributed by atoms with Gasteiger partial charge in [0.15, 0.2) is 0 Å². The monoisotopic (exact) mass is 216 g/mol. The summed E-state index contributed by atoms with van der Waals surface area (Å²) in [4.78, 5) is 2.92. The van der Waals surface area contributed by atoms with E-state index >= 15 is 0 Å². The first-order chi connectivity index (χ1) is 6.52. The maximum Gasteiger partial charge on any atom is 0.0742 e. The van der Waals surface area contributed by atoms with E-state index in [0.717, 1.165) is 19.4 Å². The Morgan fingerprint density at radius 2 is 2.36 bits per heavy atom. The normalized spacial score (nSPS) is 29.4. The number of thiocarbonyl (C=S) groups is 1. The van der Waals surface area contributed by atoms with Gasteiger partial charge in [0.25, 0.3) is 0 Å². The number of nitrogens with two attached hydrogens (primary N) is 1. The van der Waals surface area contributed by atoms with Gasteiger partial charge in [-0.1, -0.05) is 12.2 Å². The highest BCUT2D eigenvalue weighted by Gasteiger charge is 2.30. The van der Waals surface area contributed by atoms with E-state index in [9.17, 15) is 0 Å². The number of rotatable bonds is 4. The molecule has 14 heavy (non-hydrogen) atoms. The fourth-order valence-corrected chi connectivity index (χ4v) is 2.26. The van der Waals surface area contributed by atoms with Crippen LogP contribution >= 0.6 is 12.2 Å². The lowest BCUT2D eigenvalue weighted by Gasteiger charge is -2.32. The van der Waals surface area contributed by atoms with Gasteiger partial charge in [0, 0.05) is 25.1 Å². The Balaban J connectivity index is 2.46. The third-order valence-electron chi connectivity index (χ3n) is 3.05. The molecule has 1 aliphatic rings. The van der Waals surface area contributed by atoms with E-state index in [-0.39, 0.29) is 0 Å². The lowest BCUT2D eigenvalue weighted by atomic mass is 10.1. The molecule has 1 rings (SSSR count). The third-order valence-corrected chi connectivity index (χ3v) is 3.22. The second kappa shape index (κ2) is 5.05. The van der Waals surface area contributed by atoms with Gasteiger partial charge >= 0.3 is 0 Å². The molecular formula is C10H20N2OS. The molecule has 2 N–H and O–H groups in total. The van der Waals surface area contributed by atoms with Crippen molar-refractivity contribution in [2.24, 2.45) is 5.73 Å². The van der Waals surface area contributed by atoms with Gasteiger partial charge in [-0.25, -0.2) is 0 Å². The molecule has 0 aromatic carbocycles. The van der Waals surface area contributed by atoms with Crippen molar-refractivity contribution in [2.75, 3.05) is 13.7 Å². The van der Waals surface area contributed by atoms with Crippen molar-refractivity contribution >= 4 is 17.2 Å². The molecular weight excluding hydrogens is 196 g/mol. The van der Waals surface area contributed by atoms with Crippen molar-refractivity contribution in [2.45, 2.75) is 44.9 Å². The van der Waals surface area contributed by atoms with Crippen LogP contribution in [0.4, 0.5) is 0 Å². The van der Waals surface area contributed by atoms with Crippen molar-refractivity contribution in [3.05, 3.63) is 0 Å². The van der Waals surface area contributed by atoms with Crippen LogP contribution in [0.25, 0.3) is 0 Å². The molecule has 82 valence electrons. The third kappa shape index (κ3) is 2.90. The van der Waals surface area contributed by atoms with Crippen molar-refractivity contribution in [1.82, 2.24) is 4.90 Å². The summed E-state index contributed by atoms with van der Waals surface area (Å²) in [6.45, 7) is 5.15. The van der Waals surface area contributed by atoms with Crippen LogP contribution in [0.15, 0.2) is 0 Å². The van der Waals surface area contributed by atoms with Crippen molar-refractivity contribution in [3.63, 3.8) is 0 Å².